The van der Waals surface area contributed by atoms with E-state index in [2.05, 4.69) is 12.6 Å². The molecule has 1 aromatic rings. The van der Waals surface area contributed by atoms with Gasteiger partial charge in [0.05, 0.1) is 11.4 Å². The average Bonchev–Trinajstić information content (AvgIpc) is 2.98. The molecule has 4 heteroatoms. The molecule has 3 nitrogen and oxygen atoms in total. The molecule has 0 N–H and O–H groups in total. The summed E-state index contributed by atoms with van der Waals surface area (Å²) in [5.74, 6) is 0.107. The van der Waals surface area contributed by atoms with E-state index in [-0.39, 0.29) is 17.3 Å². The summed E-state index contributed by atoms with van der Waals surface area (Å²) >= 11 is 4.49. The van der Waals surface area contributed by atoms with Crippen molar-refractivity contribution >= 4 is 18.5 Å². The van der Waals surface area contributed by atoms with Gasteiger partial charge in [-0.15, -0.1) is 0 Å². The van der Waals surface area contributed by atoms with Crippen molar-refractivity contribution in [3.63, 3.8) is 0 Å². The molecule has 2 atom stereocenters. The molecule has 2 unspecified atom stereocenters. The molecule has 0 radical (unpaired) electrons. The van der Waals surface area contributed by atoms with Crippen LogP contribution in [0.5, 0.6) is 0 Å². The number of thiol groups is 1. The molecule has 20 heavy (non-hydrogen) atoms. The highest BCUT2D eigenvalue weighted by Crippen LogP contribution is 2.16. The number of hydrogen-bond donors (Lipinski definition) is 1. The fourth-order valence-electron chi connectivity index (χ4n) is 2.54. The quantitative estimate of drug-likeness (QED) is 0.817. The lowest BCUT2D eigenvalue weighted by Gasteiger charge is -2.26. The van der Waals surface area contributed by atoms with Crippen LogP contribution in [-0.2, 0) is 16.0 Å². The number of ether oxygens (including phenoxy) is 1. The summed E-state index contributed by atoms with van der Waals surface area (Å²) in [6, 6.07) is 10.0. The number of benzene rings is 1. The van der Waals surface area contributed by atoms with Gasteiger partial charge in [0.1, 0.15) is 0 Å². The highest BCUT2D eigenvalue weighted by molar-refractivity contribution is 7.81. The van der Waals surface area contributed by atoms with Gasteiger partial charge in [0.15, 0.2) is 0 Å². The number of hydrogen-bond acceptors (Lipinski definition) is 3. The van der Waals surface area contributed by atoms with Crippen LogP contribution in [0.2, 0.25) is 0 Å². The number of carbonyl (C=O) groups excluding carboxylic acids is 1. The van der Waals surface area contributed by atoms with Crippen molar-refractivity contribution < 1.29 is 9.53 Å². The van der Waals surface area contributed by atoms with Crippen LogP contribution in [0.4, 0.5) is 0 Å². The van der Waals surface area contributed by atoms with Crippen LogP contribution >= 0.6 is 12.6 Å². The maximum absolute atomic E-state index is 12.5. The number of likely N-dealkylation sites (N-methyl/N-ethyl adjacent to an activating group) is 1. The van der Waals surface area contributed by atoms with Gasteiger partial charge in [0.25, 0.3) is 0 Å². The predicted molar refractivity (Wildman–Crippen MR) is 84.1 cm³/mol. The van der Waals surface area contributed by atoms with E-state index in [1.165, 1.54) is 0 Å². The summed E-state index contributed by atoms with van der Waals surface area (Å²) in [6.45, 7) is 4.24. The summed E-state index contributed by atoms with van der Waals surface area (Å²) in [4.78, 5) is 14.3. The molecule has 1 aliphatic rings. The van der Waals surface area contributed by atoms with Gasteiger partial charge in [-0.2, -0.15) is 12.6 Å². The molecule has 0 aliphatic carbocycles. The van der Waals surface area contributed by atoms with E-state index in [1.54, 1.807) is 0 Å². The van der Waals surface area contributed by atoms with Gasteiger partial charge >= 0.3 is 0 Å². The van der Waals surface area contributed by atoms with Crippen molar-refractivity contribution in [2.75, 3.05) is 19.7 Å². The second kappa shape index (κ2) is 7.70. The van der Waals surface area contributed by atoms with Crippen molar-refractivity contribution in [2.45, 2.75) is 37.5 Å². The Bertz CT molecular complexity index is 418. The zero-order chi connectivity index (χ0) is 14.4. The molecule has 0 spiro atoms. The molecule has 0 bridgehead atoms. The van der Waals surface area contributed by atoms with Gasteiger partial charge in [-0.25, -0.2) is 0 Å². The van der Waals surface area contributed by atoms with Crippen molar-refractivity contribution in [3.8, 4) is 0 Å². The maximum atomic E-state index is 12.5. The van der Waals surface area contributed by atoms with E-state index in [0.717, 1.165) is 25.0 Å². The fraction of sp³-hybridized carbons (Fsp3) is 0.562. The first kappa shape index (κ1) is 15.4. The lowest BCUT2D eigenvalue weighted by molar-refractivity contribution is -0.131. The Morgan fingerprint density at radius 3 is 2.80 bits per heavy atom. The number of carbonyl (C=O) groups is 1. The second-order valence-electron chi connectivity index (χ2n) is 5.22. The monoisotopic (exact) mass is 293 g/mol. The van der Waals surface area contributed by atoms with Crippen molar-refractivity contribution in [3.05, 3.63) is 35.9 Å². The van der Waals surface area contributed by atoms with Crippen LogP contribution in [0.25, 0.3) is 0 Å². The van der Waals surface area contributed by atoms with Gasteiger partial charge in [-0.05, 0) is 31.7 Å². The smallest absolute Gasteiger partial charge is 0.235 e. The van der Waals surface area contributed by atoms with Crippen molar-refractivity contribution in [2.24, 2.45) is 0 Å². The Balaban J connectivity index is 1.89. The Morgan fingerprint density at radius 1 is 1.45 bits per heavy atom. The summed E-state index contributed by atoms with van der Waals surface area (Å²) in [7, 11) is 0. The highest BCUT2D eigenvalue weighted by Gasteiger charge is 2.25. The minimum atomic E-state index is -0.279. The number of amides is 1. The van der Waals surface area contributed by atoms with Gasteiger partial charge in [-0.3, -0.25) is 4.79 Å². The molecular weight excluding hydrogens is 270 g/mol. The second-order valence-corrected chi connectivity index (χ2v) is 5.84. The maximum Gasteiger partial charge on any atom is 0.235 e. The zero-order valence-electron chi connectivity index (χ0n) is 12.0. The van der Waals surface area contributed by atoms with E-state index in [1.807, 2.05) is 42.2 Å². The van der Waals surface area contributed by atoms with Crippen LogP contribution < -0.4 is 0 Å². The molecule has 2 rings (SSSR count). The number of nitrogens with zero attached hydrogens (tertiary/aromatic N) is 1. The van der Waals surface area contributed by atoms with Crippen LogP contribution in [0.3, 0.4) is 0 Å². The summed E-state index contributed by atoms with van der Waals surface area (Å²) in [6.07, 6.45) is 3.03. The van der Waals surface area contributed by atoms with E-state index in [0.29, 0.717) is 19.5 Å². The van der Waals surface area contributed by atoms with Crippen molar-refractivity contribution in [1.82, 2.24) is 4.90 Å². The molecular formula is C16H23NO2S. The lowest BCUT2D eigenvalue weighted by atomic mass is 10.1. The molecule has 0 aromatic heterocycles. The topological polar surface area (TPSA) is 29.5 Å². The highest BCUT2D eigenvalue weighted by atomic mass is 32.1. The van der Waals surface area contributed by atoms with E-state index < -0.39 is 0 Å². The van der Waals surface area contributed by atoms with Gasteiger partial charge in [0.2, 0.25) is 5.91 Å². The molecule has 1 saturated heterocycles. The zero-order valence-corrected chi connectivity index (χ0v) is 12.9. The molecule has 1 fully saturated rings. The molecule has 1 heterocycles. The van der Waals surface area contributed by atoms with E-state index in [4.69, 9.17) is 4.74 Å². The van der Waals surface area contributed by atoms with E-state index >= 15 is 0 Å². The minimum absolute atomic E-state index is 0.107. The SMILES string of the molecule is CCN(CC1CCCO1)C(=O)C(S)Cc1ccccc1. The Hall–Kier alpha value is -1.00. The third kappa shape index (κ3) is 4.25. The largest absolute Gasteiger partial charge is 0.376 e. The van der Waals surface area contributed by atoms with Crippen LogP contribution in [0.1, 0.15) is 25.3 Å². The van der Waals surface area contributed by atoms with E-state index in [9.17, 15) is 4.79 Å². The number of rotatable bonds is 6. The van der Waals surface area contributed by atoms with Crippen molar-refractivity contribution in [1.29, 1.82) is 0 Å². The van der Waals surface area contributed by atoms with Crippen LogP contribution in [0.15, 0.2) is 30.3 Å². The predicted octanol–water partition coefficient (Wildman–Crippen LogP) is 2.56. The van der Waals surface area contributed by atoms with Gasteiger partial charge < -0.3 is 9.64 Å². The first-order valence-corrected chi connectivity index (χ1v) is 7.84. The normalized spacial score (nSPS) is 19.8. The molecule has 110 valence electrons. The summed E-state index contributed by atoms with van der Waals surface area (Å²) in [5, 5.41) is -0.279. The Kier molecular flexibility index (Phi) is 5.92. The van der Waals surface area contributed by atoms with Gasteiger partial charge in [0, 0.05) is 19.7 Å². The molecule has 0 saturated carbocycles. The Labute approximate surface area is 126 Å². The molecule has 1 aliphatic heterocycles. The standard InChI is InChI=1S/C16H23NO2S/c1-2-17(12-14-9-6-10-19-14)16(18)15(20)11-13-7-4-3-5-8-13/h3-5,7-8,14-15,20H,2,6,9-12H2,1H3. The molecule has 1 amide bonds. The van der Waals surface area contributed by atoms with Crippen LogP contribution in [0, 0.1) is 0 Å². The fourth-order valence-corrected chi connectivity index (χ4v) is 2.92. The van der Waals surface area contributed by atoms with Crippen LogP contribution in [-0.4, -0.2) is 41.9 Å². The first-order valence-electron chi connectivity index (χ1n) is 7.33. The third-order valence-corrected chi connectivity index (χ3v) is 4.10. The summed E-state index contributed by atoms with van der Waals surface area (Å²) in [5.41, 5.74) is 1.15. The third-order valence-electron chi connectivity index (χ3n) is 3.70. The van der Waals surface area contributed by atoms with Gasteiger partial charge in [-0.1, -0.05) is 30.3 Å². The Morgan fingerprint density at radius 2 is 2.20 bits per heavy atom. The average molecular weight is 293 g/mol. The lowest BCUT2D eigenvalue weighted by Crippen LogP contribution is -2.42. The molecule has 1 aromatic carbocycles. The summed E-state index contributed by atoms with van der Waals surface area (Å²) < 4.78 is 5.61. The minimum Gasteiger partial charge on any atom is -0.376 e. The first-order chi connectivity index (χ1) is 9.70.